The van der Waals surface area contributed by atoms with Gasteiger partial charge in [-0.05, 0) is 0 Å². The number of carbonyl (C=O) groups is 1. The maximum absolute atomic E-state index is 10.7. The number of hydrogen-bond acceptors (Lipinski definition) is 1. The first-order chi connectivity index (χ1) is 6.74. The van der Waals surface area contributed by atoms with Crippen molar-refractivity contribution in [1.29, 1.82) is 0 Å². The van der Waals surface area contributed by atoms with Crippen LogP contribution in [0.5, 0.6) is 0 Å². The minimum Gasteiger partial charge on any atom is -0.147 e. The standard InChI is InChI=1S/C11H12O2Se.ClH/c1-2-10(11(12)13)14-8-9-6-4-3-5-7-9;/h2-7,10H,1,8H2,(H,12,13);1H. The second kappa shape index (κ2) is 7.52. The fourth-order valence-electron chi connectivity index (χ4n) is 1.00. The maximum atomic E-state index is 10.7. The summed E-state index contributed by atoms with van der Waals surface area (Å²) >= 11 is 0.0505. The van der Waals surface area contributed by atoms with Crippen molar-refractivity contribution in [2.75, 3.05) is 0 Å². The third-order valence-electron chi connectivity index (χ3n) is 1.73. The molecule has 15 heavy (non-hydrogen) atoms. The number of aliphatic carboxylic acids is 1. The molecule has 0 spiro atoms. The quantitative estimate of drug-likeness (QED) is 0.668. The van der Waals surface area contributed by atoms with Crippen molar-refractivity contribution in [3.05, 3.63) is 48.6 Å². The van der Waals surface area contributed by atoms with E-state index in [1.54, 1.807) is 0 Å². The average molecular weight is 292 g/mol. The van der Waals surface area contributed by atoms with E-state index in [1.165, 1.54) is 11.6 Å². The minimum absolute atomic E-state index is 0. The average Bonchev–Trinajstić information content (AvgIpc) is 2.20. The van der Waals surface area contributed by atoms with Crippen molar-refractivity contribution in [3.63, 3.8) is 0 Å². The Morgan fingerprint density at radius 1 is 1.47 bits per heavy atom. The number of carboxylic acids is 1. The molecule has 1 aromatic carbocycles. The van der Waals surface area contributed by atoms with Gasteiger partial charge in [0.1, 0.15) is 0 Å². The van der Waals surface area contributed by atoms with E-state index < -0.39 is 5.97 Å². The molecule has 4 heteroatoms. The fraction of sp³-hybridized carbons (Fsp3) is 0.182. The normalized spacial score (nSPS) is 11.2. The molecule has 0 saturated carbocycles. The Hall–Kier alpha value is -0.761. The minimum atomic E-state index is -0.768. The summed E-state index contributed by atoms with van der Waals surface area (Å²) in [5, 5.41) is 9.64. The molecule has 1 rings (SSSR count). The molecule has 0 aliphatic rings. The smallest absolute Gasteiger partial charge is 0.147 e. The largest absolute Gasteiger partial charge is 0.147 e. The zero-order valence-electron chi connectivity index (χ0n) is 8.13. The van der Waals surface area contributed by atoms with E-state index >= 15 is 0 Å². The molecule has 0 aromatic heterocycles. The summed E-state index contributed by atoms with van der Waals surface area (Å²) in [5.74, 6) is -0.768. The summed E-state index contributed by atoms with van der Waals surface area (Å²) in [5.41, 5.74) is 1.20. The van der Waals surface area contributed by atoms with Crippen LogP contribution in [0.2, 0.25) is 4.82 Å². The summed E-state index contributed by atoms with van der Waals surface area (Å²) in [6.45, 7) is 3.53. The molecule has 0 heterocycles. The molecule has 0 fully saturated rings. The third kappa shape index (κ3) is 5.03. The second-order valence-electron chi connectivity index (χ2n) is 2.79. The van der Waals surface area contributed by atoms with E-state index in [9.17, 15) is 4.79 Å². The molecule has 0 aliphatic heterocycles. The summed E-state index contributed by atoms with van der Waals surface area (Å²) in [4.78, 5) is 10.3. The van der Waals surface area contributed by atoms with Gasteiger partial charge in [0, 0.05) is 0 Å². The zero-order chi connectivity index (χ0) is 10.4. The van der Waals surface area contributed by atoms with Crippen molar-refractivity contribution >= 4 is 33.3 Å². The van der Waals surface area contributed by atoms with Crippen LogP contribution in [0.1, 0.15) is 5.56 Å². The van der Waals surface area contributed by atoms with E-state index in [-0.39, 0.29) is 32.2 Å². The van der Waals surface area contributed by atoms with Crippen LogP contribution in [0, 0.1) is 0 Å². The van der Waals surface area contributed by atoms with Crippen molar-refractivity contribution in [2.45, 2.75) is 10.1 Å². The Morgan fingerprint density at radius 2 is 2.07 bits per heavy atom. The third-order valence-corrected chi connectivity index (χ3v) is 4.36. The van der Waals surface area contributed by atoms with Crippen molar-refractivity contribution in [3.8, 4) is 0 Å². The van der Waals surface area contributed by atoms with Crippen molar-refractivity contribution in [2.24, 2.45) is 0 Å². The van der Waals surface area contributed by atoms with Crippen LogP contribution in [0.15, 0.2) is 43.0 Å². The predicted molar refractivity (Wildman–Crippen MR) is 64.7 cm³/mol. The molecule has 0 radical (unpaired) electrons. The Labute approximate surface area is 102 Å². The van der Waals surface area contributed by atoms with Gasteiger partial charge in [0.15, 0.2) is 0 Å². The van der Waals surface area contributed by atoms with Gasteiger partial charge < -0.3 is 0 Å². The van der Waals surface area contributed by atoms with Gasteiger partial charge in [-0.25, -0.2) is 0 Å². The molecule has 0 bridgehead atoms. The molecule has 0 amide bonds. The maximum Gasteiger partial charge on any atom is -0.147 e. The van der Waals surface area contributed by atoms with Crippen LogP contribution >= 0.6 is 12.4 Å². The number of rotatable bonds is 5. The van der Waals surface area contributed by atoms with Crippen molar-refractivity contribution < 1.29 is 9.90 Å². The fourth-order valence-corrected chi connectivity index (χ4v) is 2.77. The van der Waals surface area contributed by atoms with Crippen LogP contribution in [-0.4, -0.2) is 26.0 Å². The number of hydrogen-bond donors (Lipinski definition) is 1. The Morgan fingerprint density at radius 3 is 2.53 bits per heavy atom. The van der Waals surface area contributed by atoms with Crippen LogP contribution in [0.4, 0.5) is 0 Å². The predicted octanol–water partition coefficient (Wildman–Crippen LogP) is 2.37. The Balaban J connectivity index is 0.00000196. The summed E-state index contributed by atoms with van der Waals surface area (Å²) < 4.78 is 0. The molecule has 1 aromatic rings. The van der Waals surface area contributed by atoms with E-state index in [0.717, 1.165) is 5.32 Å². The second-order valence-corrected chi connectivity index (χ2v) is 5.16. The molecule has 82 valence electrons. The van der Waals surface area contributed by atoms with E-state index in [2.05, 4.69) is 6.58 Å². The molecular weight excluding hydrogens is 279 g/mol. The number of halogens is 1. The van der Waals surface area contributed by atoms with E-state index in [1.807, 2.05) is 30.3 Å². The number of benzene rings is 1. The van der Waals surface area contributed by atoms with Gasteiger partial charge in [0.2, 0.25) is 0 Å². The number of carboxylic acid groups (broad SMARTS) is 1. The van der Waals surface area contributed by atoms with Gasteiger partial charge in [-0.15, -0.1) is 12.4 Å². The van der Waals surface area contributed by atoms with Gasteiger partial charge in [-0.3, -0.25) is 0 Å². The van der Waals surface area contributed by atoms with Crippen LogP contribution < -0.4 is 0 Å². The molecule has 2 nitrogen and oxygen atoms in total. The van der Waals surface area contributed by atoms with Gasteiger partial charge in [-0.1, -0.05) is 0 Å². The molecular formula is C11H13ClO2Se. The van der Waals surface area contributed by atoms with Gasteiger partial charge >= 0.3 is 89.5 Å². The SMILES string of the molecule is C=CC([Se]Cc1ccccc1)C(=O)O.Cl. The summed E-state index contributed by atoms with van der Waals surface area (Å²) in [6.07, 6.45) is 1.52. The molecule has 1 atom stereocenters. The molecule has 0 saturated heterocycles. The zero-order valence-corrected chi connectivity index (χ0v) is 10.7. The van der Waals surface area contributed by atoms with Gasteiger partial charge in [0.25, 0.3) is 0 Å². The first kappa shape index (κ1) is 14.2. The van der Waals surface area contributed by atoms with Crippen molar-refractivity contribution in [1.82, 2.24) is 0 Å². The van der Waals surface area contributed by atoms with Crippen LogP contribution in [0.3, 0.4) is 0 Å². The Kier molecular flexibility index (Phi) is 7.14. The van der Waals surface area contributed by atoms with Gasteiger partial charge in [0.05, 0.1) is 0 Å². The first-order valence-corrected chi connectivity index (χ1v) is 6.45. The molecule has 1 N–H and O–H groups in total. The van der Waals surface area contributed by atoms with Crippen LogP contribution in [-0.2, 0) is 10.1 Å². The first-order valence-electron chi connectivity index (χ1n) is 4.25. The molecule has 0 aliphatic carbocycles. The van der Waals surface area contributed by atoms with E-state index in [0.29, 0.717) is 0 Å². The van der Waals surface area contributed by atoms with E-state index in [4.69, 9.17) is 5.11 Å². The molecule has 1 unspecified atom stereocenters. The summed E-state index contributed by atoms with van der Waals surface area (Å²) in [7, 11) is 0. The van der Waals surface area contributed by atoms with Gasteiger partial charge in [-0.2, -0.15) is 0 Å². The summed E-state index contributed by atoms with van der Waals surface area (Å²) in [6, 6.07) is 9.93. The van der Waals surface area contributed by atoms with Crippen LogP contribution in [0.25, 0.3) is 0 Å². The monoisotopic (exact) mass is 292 g/mol. The topological polar surface area (TPSA) is 37.3 Å². The Bertz CT molecular complexity index is 314.